The molecule has 0 atom stereocenters. The van der Waals surface area contributed by atoms with Crippen molar-refractivity contribution in [3.05, 3.63) is 77.2 Å². The number of rotatable bonds is 7. The zero-order chi connectivity index (χ0) is 24.2. The van der Waals surface area contributed by atoms with Gasteiger partial charge >= 0.3 is 6.18 Å². The zero-order valence-electron chi connectivity index (χ0n) is 18.2. The van der Waals surface area contributed by atoms with E-state index in [1.807, 2.05) is 39.0 Å². The van der Waals surface area contributed by atoms with Crippen molar-refractivity contribution in [3.63, 3.8) is 0 Å². The second-order valence-electron chi connectivity index (χ2n) is 7.71. The maximum absolute atomic E-state index is 13.6. The monoisotopic (exact) mass is 460 g/mol. The Labute approximate surface area is 188 Å². The van der Waals surface area contributed by atoms with E-state index in [1.54, 1.807) is 0 Å². The first kappa shape index (κ1) is 23.9. The third-order valence-corrected chi connectivity index (χ3v) is 4.84. The van der Waals surface area contributed by atoms with Gasteiger partial charge in [0, 0.05) is 5.69 Å². The van der Waals surface area contributed by atoms with Gasteiger partial charge in [0.1, 0.15) is 5.75 Å². The van der Waals surface area contributed by atoms with Crippen LogP contribution in [0.15, 0.2) is 59.2 Å². The van der Waals surface area contributed by atoms with Crippen molar-refractivity contribution in [2.75, 3.05) is 17.2 Å². The van der Waals surface area contributed by atoms with Gasteiger partial charge in [-0.1, -0.05) is 26.0 Å². The summed E-state index contributed by atoms with van der Waals surface area (Å²) >= 11 is 0. The molecule has 6 nitrogen and oxygen atoms in total. The quantitative estimate of drug-likeness (QED) is 0.453. The third-order valence-electron chi connectivity index (χ3n) is 4.84. The smallest absolute Gasteiger partial charge is 0.418 e. The van der Waals surface area contributed by atoms with Gasteiger partial charge in [-0.2, -0.15) is 13.2 Å². The molecule has 0 saturated carbocycles. The molecule has 0 aliphatic carbocycles. The van der Waals surface area contributed by atoms with Crippen molar-refractivity contribution in [3.8, 4) is 5.75 Å². The molecule has 1 heterocycles. The maximum Gasteiger partial charge on any atom is 0.418 e. The molecule has 2 amide bonds. The van der Waals surface area contributed by atoms with Gasteiger partial charge in [0.05, 0.1) is 17.5 Å². The van der Waals surface area contributed by atoms with Crippen LogP contribution < -0.4 is 15.4 Å². The summed E-state index contributed by atoms with van der Waals surface area (Å²) < 4.78 is 51.3. The number of amides is 2. The largest absolute Gasteiger partial charge is 0.483 e. The Balaban J connectivity index is 1.72. The molecule has 33 heavy (non-hydrogen) atoms. The number of nitrogens with one attached hydrogen (secondary N) is 2. The SMILES string of the molecule is Cc1ccc(C(C)C)cc1OCC(=O)Nc1ccc(NC(=O)c2ccco2)cc1C(F)(F)F. The van der Waals surface area contributed by atoms with E-state index in [0.29, 0.717) is 5.75 Å². The molecule has 1 aromatic heterocycles. The molecule has 0 saturated heterocycles. The van der Waals surface area contributed by atoms with Gasteiger partial charge in [-0.3, -0.25) is 9.59 Å². The van der Waals surface area contributed by atoms with Crippen LogP contribution in [0.2, 0.25) is 0 Å². The van der Waals surface area contributed by atoms with Gasteiger partial charge in [-0.05, 0) is 60.4 Å². The van der Waals surface area contributed by atoms with E-state index in [4.69, 9.17) is 9.15 Å². The normalized spacial score (nSPS) is 11.4. The van der Waals surface area contributed by atoms with E-state index in [0.717, 1.165) is 23.3 Å². The number of alkyl halides is 3. The summed E-state index contributed by atoms with van der Waals surface area (Å²) in [6.07, 6.45) is -3.49. The summed E-state index contributed by atoms with van der Waals surface area (Å²) in [6, 6.07) is 11.6. The number of benzene rings is 2. The van der Waals surface area contributed by atoms with Crippen LogP contribution in [0.4, 0.5) is 24.5 Å². The fourth-order valence-corrected chi connectivity index (χ4v) is 3.03. The second-order valence-corrected chi connectivity index (χ2v) is 7.71. The molecule has 3 aromatic rings. The maximum atomic E-state index is 13.6. The van der Waals surface area contributed by atoms with E-state index >= 15 is 0 Å². The Kier molecular flexibility index (Phi) is 7.10. The number of hydrogen-bond acceptors (Lipinski definition) is 4. The van der Waals surface area contributed by atoms with Crippen LogP contribution in [0, 0.1) is 6.92 Å². The van der Waals surface area contributed by atoms with Crippen LogP contribution in [-0.4, -0.2) is 18.4 Å². The Hall–Kier alpha value is -3.75. The summed E-state index contributed by atoms with van der Waals surface area (Å²) in [4.78, 5) is 24.4. The molecule has 0 aliphatic rings. The van der Waals surface area contributed by atoms with Crippen LogP contribution in [0.25, 0.3) is 0 Å². The van der Waals surface area contributed by atoms with E-state index < -0.39 is 35.8 Å². The predicted octanol–water partition coefficient (Wildman–Crippen LogP) is 6.00. The number of carbonyl (C=O) groups excluding carboxylic acids is 2. The molecule has 0 spiro atoms. The predicted molar refractivity (Wildman–Crippen MR) is 117 cm³/mol. The van der Waals surface area contributed by atoms with Crippen molar-refractivity contribution in [1.29, 1.82) is 0 Å². The number of halogens is 3. The van der Waals surface area contributed by atoms with Gasteiger partial charge in [0.15, 0.2) is 12.4 Å². The minimum Gasteiger partial charge on any atom is -0.483 e. The van der Waals surface area contributed by atoms with Gasteiger partial charge in [-0.25, -0.2) is 0 Å². The number of anilines is 2. The number of ether oxygens (including phenoxy) is 1. The minimum atomic E-state index is -4.77. The molecule has 0 unspecified atom stereocenters. The molecule has 174 valence electrons. The summed E-state index contributed by atoms with van der Waals surface area (Å²) in [7, 11) is 0. The molecule has 0 fully saturated rings. The van der Waals surface area contributed by atoms with Crippen LogP contribution >= 0.6 is 0 Å². The van der Waals surface area contributed by atoms with Crippen molar-refractivity contribution in [2.45, 2.75) is 32.9 Å². The van der Waals surface area contributed by atoms with E-state index in [9.17, 15) is 22.8 Å². The fourth-order valence-electron chi connectivity index (χ4n) is 3.03. The third kappa shape index (κ3) is 6.15. The van der Waals surface area contributed by atoms with Crippen LogP contribution in [-0.2, 0) is 11.0 Å². The second kappa shape index (κ2) is 9.81. The molecule has 2 aromatic carbocycles. The lowest BCUT2D eigenvalue weighted by molar-refractivity contribution is -0.137. The summed E-state index contributed by atoms with van der Waals surface area (Å²) in [6.45, 7) is 5.38. The number of aryl methyl sites for hydroxylation is 1. The first-order valence-electron chi connectivity index (χ1n) is 10.1. The van der Waals surface area contributed by atoms with Gasteiger partial charge < -0.3 is 19.8 Å². The van der Waals surface area contributed by atoms with Gasteiger partial charge in [-0.15, -0.1) is 0 Å². The van der Waals surface area contributed by atoms with Gasteiger partial charge in [0.25, 0.3) is 11.8 Å². The average Bonchev–Trinajstić information content (AvgIpc) is 3.28. The summed E-state index contributed by atoms with van der Waals surface area (Å²) in [5.41, 5.74) is 0.173. The molecule has 0 aliphatic heterocycles. The molecule has 0 radical (unpaired) electrons. The van der Waals surface area contributed by atoms with Crippen LogP contribution in [0.5, 0.6) is 5.75 Å². The van der Waals surface area contributed by atoms with Crippen molar-refractivity contribution in [1.82, 2.24) is 0 Å². The Bertz CT molecular complexity index is 1140. The van der Waals surface area contributed by atoms with E-state index in [-0.39, 0.29) is 17.4 Å². The Morgan fingerprint density at radius 3 is 2.45 bits per heavy atom. The molecular formula is C24H23F3N2O4. The Morgan fingerprint density at radius 1 is 1.06 bits per heavy atom. The van der Waals surface area contributed by atoms with Crippen molar-refractivity contribution < 1.29 is 31.9 Å². The average molecular weight is 460 g/mol. The lowest BCUT2D eigenvalue weighted by atomic mass is 10.0. The summed E-state index contributed by atoms with van der Waals surface area (Å²) in [5.74, 6) is -0.749. The van der Waals surface area contributed by atoms with Crippen LogP contribution in [0.3, 0.4) is 0 Å². The highest BCUT2D eigenvalue weighted by molar-refractivity contribution is 6.02. The minimum absolute atomic E-state index is 0.0464. The first-order valence-corrected chi connectivity index (χ1v) is 10.1. The number of hydrogen-bond donors (Lipinski definition) is 2. The molecule has 9 heteroatoms. The van der Waals surface area contributed by atoms with Crippen molar-refractivity contribution >= 4 is 23.2 Å². The highest BCUT2D eigenvalue weighted by Gasteiger charge is 2.34. The highest BCUT2D eigenvalue weighted by Crippen LogP contribution is 2.36. The molecule has 0 bridgehead atoms. The number of furan rings is 1. The Morgan fingerprint density at radius 2 is 1.82 bits per heavy atom. The van der Waals surface area contributed by atoms with Crippen molar-refractivity contribution in [2.24, 2.45) is 0 Å². The lowest BCUT2D eigenvalue weighted by Crippen LogP contribution is -2.23. The molecule has 2 N–H and O–H groups in total. The number of carbonyl (C=O) groups is 2. The van der Waals surface area contributed by atoms with Gasteiger partial charge in [0.2, 0.25) is 0 Å². The van der Waals surface area contributed by atoms with Crippen LogP contribution in [0.1, 0.15) is 47.0 Å². The molecular weight excluding hydrogens is 437 g/mol. The lowest BCUT2D eigenvalue weighted by Gasteiger charge is -2.16. The van der Waals surface area contributed by atoms with E-state index in [2.05, 4.69) is 10.6 Å². The zero-order valence-corrected chi connectivity index (χ0v) is 18.2. The standard InChI is InChI=1S/C24H23F3N2O4/c1-14(2)16-7-6-15(3)21(11-16)33-13-22(30)29-19-9-8-17(12-18(19)24(25,26)27)28-23(31)20-5-4-10-32-20/h4-12,14H,13H2,1-3H3,(H,28,31)(H,29,30). The first-order chi connectivity index (χ1) is 15.5. The highest BCUT2D eigenvalue weighted by atomic mass is 19.4. The topological polar surface area (TPSA) is 80.6 Å². The molecule has 3 rings (SSSR count). The van der Waals surface area contributed by atoms with E-state index in [1.165, 1.54) is 24.5 Å². The summed E-state index contributed by atoms with van der Waals surface area (Å²) in [5, 5.41) is 4.57. The fraction of sp³-hybridized carbons (Fsp3) is 0.250.